The van der Waals surface area contributed by atoms with Crippen LogP contribution in [-0.2, 0) is 0 Å². The molecule has 0 aliphatic carbocycles. The van der Waals surface area contributed by atoms with Crippen molar-refractivity contribution >= 4 is 27.7 Å². The van der Waals surface area contributed by atoms with Crippen molar-refractivity contribution in [2.75, 3.05) is 12.8 Å². The zero-order valence-corrected chi connectivity index (χ0v) is 13.3. The molecule has 5 heteroatoms. The Morgan fingerprint density at radius 1 is 1.20 bits per heavy atom. The first-order valence-electron chi connectivity index (χ1n) is 6.11. The average molecular weight is 358 g/mol. The van der Waals surface area contributed by atoms with Gasteiger partial charge in [0.1, 0.15) is 0 Å². The summed E-state index contributed by atoms with van der Waals surface area (Å²) in [6.45, 7) is 0. The van der Waals surface area contributed by atoms with E-state index in [1.54, 1.807) is 24.9 Å². The molecule has 0 bridgehead atoms. The second kappa shape index (κ2) is 7.20. The Labute approximate surface area is 129 Å². The Balaban J connectivity index is 2.11. The zero-order valence-electron chi connectivity index (χ0n) is 10.9. The normalized spacial score (nSPS) is 12.4. The molecule has 0 saturated carbocycles. The number of nitrogens with one attached hydrogen (secondary N) is 1. The summed E-state index contributed by atoms with van der Waals surface area (Å²) in [6.07, 6.45) is 0. The van der Waals surface area contributed by atoms with Gasteiger partial charge in [-0.25, -0.2) is 8.78 Å². The highest BCUT2D eigenvalue weighted by Crippen LogP contribution is 2.28. The van der Waals surface area contributed by atoms with Crippen LogP contribution in [0, 0.1) is 11.6 Å². The van der Waals surface area contributed by atoms with Crippen LogP contribution in [0.1, 0.15) is 11.6 Å². The molecule has 1 atom stereocenters. The minimum Gasteiger partial charge on any atom is -0.312 e. The lowest BCUT2D eigenvalue weighted by Crippen LogP contribution is -2.20. The number of halogens is 3. The van der Waals surface area contributed by atoms with Crippen LogP contribution in [0.5, 0.6) is 0 Å². The molecule has 0 saturated heterocycles. The van der Waals surface area contributed by atoms with Gasteiger partial charge in [0.05, 0.1) is 0 Å². The lowest BCUT2D eigenvalue weighted by molar-refractivity contribution is 0.484. The van der Waals surface area contributed by atoms with Gasteiger partial charge < -0.3 is 5.32 Å². The average Bonchev–Trinajstić information content (AvgIpc) is 2.44. The van der Waals surface area contributed by atoms with Gasteiger partial charge in [0.2, 0.25) is 0 Å². The molecule has 0 heterocycles. The van der Waals surface area contributed by atoms with E-state index in [0.717, 1.165) is 15.4 Å². The molecule has 0 aliphatic heterocycles. The molecule has 1 N–H and O–H groups in total. The molecule has 1 unspecified atom stereocenters. The number of hydrogen-bond acceptors (Lipinski definition) is 2. The first-order chi connectivity index (χ1) is 9.61. The molecule has 0 amide bonds. The third-order valence-corrected chi connectivity index (χ3v) is 4.50. The van der Waals surface area contributed by atoms with Crippen molar-refractivity contribution in [3.05, 3.63) is 64.1 Å². The van der Waals surface area contributed by atoms with Gasteiger partial charge in [0.15, 0.2) is 11.6 Å². The number of benzene rings is 2. The fourth-order valence-electron chi connectivity index (χ4n) is 1.85. The Bertz CT molecular complexity index is 592. The molecule has 20 heavy (non-hydrogen) atoms. The van der Waals surface area contributed by atoms with Crippen LogP contribution in [0.25, 0.3) is 0 Å². The smallest absolute Gasteiger partial charge is 0.163 e. The summed E-state index contributed by atoms with van der Waals surface area (Å²) >= 11 is 5.01. The van der Waals surface area contributed by atoms with E-state index in [0.29, 0.717) is 11.3 Å². The van der Waals surface area contributed by atoms with Crippen LogP contribution in [-0.4, -0.2) is 12.8 Å². The van der Waals surface area contributed by atoms with Gasteiger partial charge >= 0.3 is 0 Å². The first-order valence-corrected chi connectivity index (χ1v) is 7.89. The van der Waals surface area contributed by atoms with Gasteiger partial charge in [-0.1, -0.05) is 34.1 Å². The highest BCUT2D eigenvalue weighted by Gasteiger charge is 2.16. The van der Waals surface area contributed by atoms with Crippen molar-refractivity contribution < 1.29 is 8.78 Å². The molecule has 0 spiro atoms. The SMILES string of the molecule is CNC(CSc1cccc(Br)c1)c1cccc(F)c1F. The van der Waals surface area contributed by atoms with Crippen LogP contribution in [0.15, 0.2) is 51.8 Å². The van der Waals surface area contributed by atoms with Gasteiger partial charge in [0.25, 0.3) is 0 Å². The maximum Gasteiger partial charge on any atom is 0.163 e. The maximum absolute atomic E-state index is 13.8. The number of hydrogen-bond donors (Lipinski definition) is 1. The lowest BCUT2D eigenvalue weighted by atomic mass is 10.1. The quantitative estimate of drug-likeness (QED) is 0.772. The van der Waals surface area contributed by atoms with Crippen molar-refractivity contribution in [1.29, 1.82) is 0 Å². The third-order valence-electron chi connectivity index (χ3n) is 2.92. The molecule has 2 rings (SSSR count). The van der Waals surface area contributed by atoms with E-state index >= 15 is 0 Å². The highest BCUT2D eigenvalue weighted by atomic mass is 79.9. The molecule has 0 fully saturated rings. The Kier molecular flexibility index (Phi) is 5.57. The fourth-order valence-corrected chi connectivity index (χ4v) is 3.50. The topological polar surface area (TPSA) is 12.0 Å². The predicted octanol–water partition coefficient (Wildman–Crippen LogP) is 4.78. The van der Waals surface area contributed by atoms with Crippen molar-refractivity contribution in [3.8, 4) is 0 Å². The van der Waals surface area contributed by atoms with Gasteiger partial charge in [0, 0.05) is 26.7 Å². The summed E-state index contributed by atoms with van der Waals surface area (Å²) in [5.41, 5.74) is 0.356. The van der Waals surface area contributed by atoms with Crippen molar-refractivity contribution in [2.24, 2.45) is 0 Å². The predicted molar refractivity (Wildman–Crippen MR) is 83.0 cm³/mol. The summed E-state index contributed by atoms with van der Waals surface area (Å²) in [6, 6.07) is 11.9. The van der Waals surface area contributed by atoms with Gasteiger partial charge in [-0.3, -0.25) is 0 Å². The van der Waals surface area contributed by atoms with Gasteiger partial charge in [-0.2, -0.15) is 0 Å². The summed E-state index contributed by atoms with van der Waals surface area (Å²) in [5, 5.41) is 3.03. The summed E-state index contributed by atoms with van der Waals surface area (Å²) in [4.78, 5) is 1.08. The van der Waals surface area contributed by atoms with E-state index in [1.165, 1.54) is 6.07 Å². The van der Waals surface area contributed by atoms with Crippen molar-refractivity contribution in [1.82, 2.24) is 5.32 Å². The first kappa shape index (κ1) is 15.5. The molecule has 0 aromatic heterocycles. The molecule has 1 nitrogen and oxygen atoms in total. The molecular weight excluding hydrogens is 344 g/mol. The summed E-state index contributed by atoms with van der Waals surface area (Å²) in [7, 11) is 1.75. The molecular formula is C15H14BrF2NS. The molecule has 0 aliphatic rings. The van der Waals surface area contributed by atoms with Crippen LogP contribution in [0.2, 0.25) is 0 Å². The second-order valence-electron chi connectivity index (χ2n) is 4.25. The molecule has 0 radical (unpaired) electrons. The summed E-state index contributed by atoms with van der Waals surface area (Å²) in [5.74, 6) is -0.968. The standard InChI is InChI=1S/C15H14BrF2NS/c1-19-14(12-6-3-7-13(17)15(12)18)9-20-11-5-2-4-10(16)8-11/h2-8,14,19H,9H2,1H3. The maximum atomic E-state index is 13.8. The number of rotatable bonds is 5. The van der Waals surface area contributed by atoms with Crippen molar-refractivity contribution in [3.63, 3.8) is 0 Å². The lowest BCUT2D eigenvalue weighted by Gasteiger charge is -2.17. The third kappa shape index (κ3) is 3.81. The van der Waals surface area contributed by atoms with E-state index < -0.39 is 11.6 Å². The van der Waals surface area contributed by atoms with Crippen LogP contribution in [0.4, 0.5) is 8.78 Å². The Hall–Kier alpha value is -0.910. The highest BCUT2D eigenvalue weighted by molar-refractivity contribution is 9.10. The van der Waals surface area contributed by atoms with Crippen LogP contribution in [0.3, 0.4) is 0 Å². The van der Waals surface area contributed by atoms with E-state index in [4.69, 9.17) is 0 Å². The van der Waals surface area contributed by atoms with Gasteiger partial charge in [-0.05, 0) is 31.3 Å². The Morgan fingerprint density at radius 2 is 1.95 bits per heavy atom. The van der Waals surface area contributed by atoms with Crippen molar-refractivity contribution in [2.45, 2.75) is 10.9 Å². The van der Waals surface area contributed by atoms with E-state index in [1.807, 2.05) is 24.3 Å². The Morgan fingerprint density at radius 3 is 2.65 bits per heavy atom. The largest absolute Gasteiger partial charge is 0.312 e. The molecule has 2 aromatic rings. The van der Waals surface area contributed by atoms with Crippen LogP contribution < -0.4 is 5.32 Å². The van der Waals surface area contributed by atoms with E-state index in [-0.39, 0.29) is 6.04 Å². The van der Waals surface area contributed by atoms with E-state index in [9.17, 15) is 8.78 Å². The monoisotopic (exact) mass is 357 g/mol. The minimum atomic E-state index is -0.810. The van der Waals surface area contributed by atoms with Gasteiger partial charge in [-0.15, -0.1) is 11.8 Å². The van der Waals surface area contributed by atoms with E-state index in [2.05, 4.69) is 21.2 Å². The number of thioether (sulfide) groups is 1. The van der Waals surface area contributed by atoms with Crippen LogP contribution >= 0.6 is 27.7 Å². The minimum absolute atomic E-state index is 0.241. The second-order valence-corrected chi connectivity index (χ2v) is 6.26. The molecule has 2 aromatic carbocycles. The molecule has 106 valence electrons. The summed E-state index contributed by atoms with van der Waals surface area (Å²) < 4.78 is 28.1. The zero-order chi connectivity index (χ0) is 14.5. The fraction of sp³-hybridized carbons (Fsp3) is 0.200.